The Morgan fingerprint density at radius 3 is 2.62 bits per heavy atom. The SMILES string of the molecule is C[C@]12CCCN1C(=O)N([C@@H]1CCN(c3ccccc3Cl)C1=O)C2=O. The van der Waals surface area contributed by atoms with Crippen molar-refractivity contribution in [2.75, 3.05) is 18.0 Å². The lowest BCUT2D eigenvalue weighted by Crippen LogP contribution is -2.47. The molecular weight excluding hydrogens is 330 g/mol. The van der Waals surface area contributed by atoms with Gasteiger partial charge < -0.3 is 9.80 Å². The maximum absolute atomic E-state index is 12.9. The van der Waals surface area contributed by atoms with E-state index < -0.39 is 11.6 Å². The normalized spacial score (nSPS) is 29.8. The van der Waals surface area contributed by atoms with Crippen LogP contribution >= 0.6 is 11.6 Å². The van der Waals surface area contributed by atoms with Gasteiger partial charge in [0.1, 0.15) is 11.6 Å². The molecule has 0 N–H and O–H groups in total. The molecule has 0 bridgehead atoms. The number of anilines is 1. The van der Waals surface area contributed by atoms with E-state index in [2.05, 4.69) is 0 Å². The number of imide groups is 1. The third kappa shape index (κ3) is 1.92. The molecular formula is C17H18ClN3O3. The third-order valence-electron chi connectivity index (χ3n) is 5.39. The number of benzene rings is 1. The minimum Gasteiger partial charge on any atom is -0.310 e. The van der Waals surface area contributed by atoms with Gasteiger partial charge in [0.2, 0.25) is 5.91 Å². The van der Waals surface area contributed by atoms with Crippen molar-refractivity contribution >= 4 is 35.1 Å². The molecule has 4 rings (SSSR count). The number of carbonyl (C=O) groups excluding carboxylic acids is 3. The van der Waals surface area contributed by atoms with Crippen LogP contribution in [0, 0.1) is 0 Å². The monoisotopic (exact) mass is 347 g/mol. The van der Waals surface area contributed by atoms with Crippen LogP contribution in [0.25, 0.3) is 0 Å². The van der Waals surface area contributed by atoms with Gasteiger partial charge in [-0.1, -0.05) is 23.7 Å². The molecule has 3 aliphatic heterocycles. The Balaban J connectivity index is 1.63. The number of hydrogen-bond acceptors (Lipinski definition) is 3. The number of carbonyl (C=O) groups is 3. The first kappa shape index (κ1) is 15.4. The van der Waals surface area contributed by atoms with E-state index in [-0.39, 0.29) is 17.8 Å². The van der Waals surface area contributed by atoms with E-state index in [0.29, 0.717) is 36.6 Å². The minimum absolute atomic E-state index is 0.241. The molecule has 2 atom stereocenters. The van der Waals surface area contributed by atoms with E-state index >= 15 is 0 Å². The lowest BCUT2D eigenvalue weighted by Gasteiger charge is -2.23. The van der Waals surface area contributed by atoms with Crippen LogP contribution in [-0.4, -0.2) is 52.3 Å². The first-order valence-electron chi connectivity index (χ1n) is 8.16. The number of urea groups is 1. The Hall–Kier alpha value is -2.08. The van der Waals surface area contributed by atoms with E-state index in [1.165, 1.54) is 4.90 Å². The molecule has 126 valence electrons. The summed E-state index contributed by atoms with van der Waals surface area (Å²) in [6.45, 7) is 2.82. The first-order chi connectivity index (χ1) is 11.4. The molecule has 3 aliphatic rings. The number of para-hydroxylation sites is 1. The molecule has 0 aromatic heterocycles. The molecule has 0 saturated carbocycles. The summed E-state index contributed by atoms with van der Waals surface area (Å²) in [4.78, 5) is 42.7. The van der Waals surface area contributed by atoms with Crippen LogP contribution in [0.4, 0.5) is 10.5 Å². The summed E-state index contributed by atoms with van der Waals surface area (Å²) in [6.07, 6.45) is 1.92. The van der Waals surface area contributed by atoms with Crippen molar-refractivity contribution in [3.05, 3.63) is 29.3 Å². The maximum atomic E-state index is 12.9. The number of rotatable bonds is 2. The number of fused-ring (bicyclic) bond motifs is 1. The predicted octanol–water partition coefficient (Wildman–Crippen LogP) is 2.26. The fourth-order valence-electron chi connectivity index (χ4n) is 4.06. The highest BCUT2D eigenvalue weighted by Crippen LogP contribution is 2.40. The summed E-state index contributed by atoms with van der Waals surface area (Å²) in [6, 6.07) is 6.04. The van der Waals surface area contributed by atoms with Crippen LogP contribution in [0.3, 0.4) is 0 Å². The average molecular weight is 348 g/mol. The Morgan fingerprint density at radius 2 is 1.92 bits per heavy atom. The van der Waals surface area contributed by atoms with E-state index in [9.17, 15) is 14.4 Å². The predicted molar refractivity (Wildman–Crippen MR) is 88.8 cm³/mol. The summed E-state index contributed by atoms with van der Waals surface area (Å²) >= 11 is 6.18. The molecule has 0 unspecified atom stereocenters. The zero-order valence-electron chi connectivity index (χ0n) is 13.4. The highest BCUT2D eigenvalue weighted by Gasteiger charge is 2.60. The second-order valence-electron chi connectivity index (χ2n) is 6.73. The molecule has 6 nitrogen and oxygen atoms in total. The van der Waals surface area contributed by atoms with E-state index in [1.54, 1.807) is 34.9 Å². The summed E-state index contributed by atoms with van der Waals surface area (Å²) in [7, 11) is 0. The molecule has 1 aromatic carbocycles. The smallest absolute Gasteiger partial charge is 0.310 e. The zero-order chi connectivity index (χ0) is 17.1. The van der Waals surface area contributed by atoms with Gasteiger partial charge in [0.25, 0.3) is 5.91 Å². The quantitative estimate of drug-likeness (QED) is 0.771. The van der Waals surface area contributed by atoms with Gasteiger partial charge in [0, 0.05) is 13.1 Å². The largest absolute Gasteiger partial charge is 0.328 e. The van der Waals surface area contributed by atoms with Crippen molar-refractivity contribution in [2.24, 2.45) is 0 Å². The molecule has 0 spiro atoms. The molecule has 7 heteroatoms. The van der Waals surface area contributed by atoms with Crippen molar-refractivity contribution in [1.82, 2.24) is 9.80 Å². The average Bonchev–Trinajstić information content (AvgIpc) is 3.17. The van der Waals surface area contributed by atoms with Gasteiger partial charge in [0.15, 0.2) is 0 Å². The van der Waals surface area contributed by atoms with Gasteiger partial charge in [-0.15, -0.1) is 0 Å². The third-order valence-corrected chi connectivity index (χ3v) is 5.71. The molecule has 1 aromatic rings. The lowest BCUT2D eigenvalue weighted by molar-refractivity contribution is -0.136. The van der Waals surface area contributed by atoms with E-state index in [1.807, 2.05) is 6.07 Å². The Kier molecular flexibility index (Phi) is 3.35. The Labute approximate surface area is 144 Å². The van der Waals surface area contributed by atoms with Crippen LogP contribution in [0.1, 0.15) is 26.2 Å². The van der Waals surface area contributed by atoms with Gasteiger partial charge in [-0.2, -0.15) is 0 Å². The first-order valence-corrected chi connectivity index (χ1v) is 8.54. The second kappa shape index (κ2) is 5.21. The van der Waals surface area contributed by atoms with Crippen molar-refractivity contribution in [1.29, 1.82) is 0 Å². The fourth-order valence-corrected chi connectivity index (χ4v) is 4.30. The van der Waals surface area contributed by atoms with Gasteiger partial charge in [-0.25, -0.2) is 9.69 Å². The number of halogens is 1. The van der Waals surface area contributed by atoms with Crippen LogP contribution in [-0.2, 0) is 9.59 Å². The Morgan fingerprint density at radius 1 is 1.17 bits per heavy atom. The van der Waals surface area contributed by atoms with E-state index in [4.69, 9.17) is 11.6 Å². The molecule has 3 fully saturated rings. The number of amides is 4. The summed E-state index contributed by atoms with van der Waals surface area (Å²) in [5.41, 5.74) is -0.160. The van der Waals surface area contributed by atoms with E-state index in [0.717, 1.165) is 6.42 Å². The second-order valence-corrected chi connectivity index (χ2v) is 7.14. The molecule has 4 amide bonds. The van der Waals surface area contributed by atoms with Crippen molar-refractivity contribution < 1.29 is 14.4 Å². The highest BCUT2D eigenvalue weighted by molar-refractivity contribution is 6.34. The van der Waals surface area contributed by atoms with Gasteiger partial charge in [-0.3, -0.25) is 9.59 Å². The Bertz CT molecular complexity index is 752. The van der Waals surface area contributed by atoms with Crippen LogP contribution in [0.5, 0.6) is 0 Å². The van der Waals surface area contributed by atoms with Crippen LogP contribution < -0.4 is 4.90 Å². The van der Waals surface area contributed by atoms with Crippen molar-refractivity contribution in [3.63, 3.8) is 0 Å². The topological polar surface area (TPSA) is 60.9 Å². The number of nitrogens with zero attached hydrogens (tertiary/aromatic N) is 3. The lowest BCUT2D eigenvalue weighted by atomic mass is 9.99. The molecule has 3 saturated heterocycles. The van der Waals surface area contributed by atoms with Crippen LogP contribution in [0.2, 0.25) is 5.02 Å². The zero-order valence-corrected chi connectivity index (χ0v) is 14.1. The van der Waals surface area contributed by atoms with Gasteiger partial charge >= 0.3 is 6.03 Å². The summed E-state index contributed by atoms with van der Waals surface area (Å²) in [5, 5.41) is 0.484. The standard InChI is InChI=1S/C17H18ClN3O3/c1-17-8-4-9-20(17)16(24)21(15(17)23)13-7-10-19(14(13)22)12-6-3-2-5-11(12)18/h2-3,5-6,13H,4,7-10H2,1H3/t13-,17-/m1/s1. The summed E-state index contributed by atoms with van der Waals surface area (Å²) in [5.74, 6) is -0.487. The molecule has 3 heterocycles. The fraction of sp³-hybridized carbons (Fsp3) is 0.471. The van der Waals surface area contributed by atoms with Gasteiger partial charge in [0.05, 0.1) is 10.7 Å². The van der Waals surface area contributed by atoms with Gasteiger partial charge in [-0.05, 0) is 38.3 Å². The van der Waals surface area contributed by atoms with Crippen molar-refractivity contribution in [3.8, 4) is 0 Å². The maximum Gasteiger partial charge on any atom is 0.328 e. The minimum atomic E-state index is -0.783. The molecule has 0 aliphatic carbocycles. The summed E-state index contributed by atoms with van der Waals surface area (Å²) < 4.78 is 0. The van der Waals surface area contributed by atoms with Crippen LogP contribution in [0.15, 0.2) is 24.3 Å². The highest BCUT2D eigenvalue weighted by atomic mass is 35.5. The van der Waals surface area contributed by atoms with Crippen molar-refractivity contribution in [2.45, 2.75) is 37.8 Å². The number of hydrogen-bond donors (Lipinski definition) is 0. The molecule has 24 heavy (non-hydrogen) atoms. The molecule has 0 radical (unpaired) electrons.